The van der Waals surface area contributed by atoms with Crippen LogP contribution in [0.5, 0.6) is 0 Å². The van der Waals surface area contributed by atoms with E-state index >= 15 is 0 Å². The quantitative estimate of drug-likeness (QED) is 0.634. The number of aliphatic imine (C=N–C) groups is 1. The molecule has 3 nitrogen and oxygen atoms in total. The highest BCUT2D eigenvalue weighted by Gasteiger charge is 2.25. The van der Waals surface area contributed by atoms with Crippen molar-refractivity contribution in [3.8, 4) is 0 Å². The van der Waals surface area contributed by atoms with Crippen LogP contribution in [-0.2, 0) is 16.0 Å². The summed E-state index contributed by atoms with van der Waals surface area (Å²) in [6, 6.07) is 5.92. The Balaban J connectivity index is 1.93. The molecule has 0 unspecified atom stereocenters. The maximum Gasteiger partial charge on any atom is 0.363 e. The van der Waals surface area contributed by atoms with Gasteiger partial charge in [0.05, 0.1) is 4.88 Å². The van der Waals surface area contributed by atoms with Crippen LogP contribution in [0.4, 0.5) is 0 Å². The van der Waals surface area contributed by atoms with Crippen LogP contribution in [0, 0.1) is 6.92 Å². The average molecular weight is 303 g/mol. The number of carbonyl (C=O) groups excluding carboxylic acids is 1. The van der Waals surface area contributed by atoms with Gasteiger partial charge in [-0.1, -0.05) is 13.0 Å². The fourth-order valence-electron chi connectivity index (χ4n) is 2.00. The zero-order valence-electron chi connectivity index (χ0n) is 11.2. The van der Waals surface area contributed by atoms with Crippen LogP contribution >= 0.6 is 22.7 Å². The summed E-state index contributed by atoms with van der Waals surface area (Å²) < 4.78 is 5.28. The van der Waals surface area contributed by atoms with Gasteiger partial charge in [-0.25, -0.2) is 9.79 Å². The number of ether oxygens (including phenoxy) is 1. The van der Waals surface area contributed by atoms with E-state index in [-0.39, 0.29) is 5.97 Å². The van der Waals surface area contributed by atoms with E-state index in [1.807, 2.05) is 23.6 Å². The topological polar surface area (TPSA) is 38.7 Å². The minimum absolute atomic E-state index is 0.367. The Labute approximate surface area is 125 Å². The number of thiophene rings is 2. The molecule has 0 fully saturated rings. The van der Waals surface area contributed by atoms with Gasteiger partial charge in [-0.2, -0.15) is 0 Å². The summed E-state index contributed by atoms with van der Waals surface area (Å²) in [6.45, 7) is 4.19. The van der Waals surface area contributed by atoms with Gasteiger partial charge in [0.2, 0.25) is 5.90 Å². The van der Waals surface area contributed by atoms with Crippen LogP contribution in [0.2, 0.25) is 0 Å². The standard InChI is InChI=1S/C15H13NO2S2/c1-3-12-9(2)7-13(20-12)14-16-11(15(17)18-14)8-10-5-4-6-19-10/h4-8H,3H2,1-2H3. The van der Waals surface area contributed by atoms with Gasteiger partial charge in [-0.3, -0.25) is 0 Å². The fourth-order valence-corrected chi connectivity index (χ4v) is 3.69. The van der Waals surface area contributed by atoms with E-state index in [9.17, 15) is 4.79 Å². The first-order valence-electron chi connectivity index (χ1n) is 6.33. The minimum Gasteiger partial charge on any atom is -0.401 e. The monoisotopic (exact) mass is 303 g/mol. The first-order chi connectivity index (χ1) is 9.67. The lowest BCUT2D eigenvalue weighted by molar-refractivity contribution is -0.129. The second-order valence-corrected chi connectivity index (χ2v) is 6.54. The largest absolute Gasteiger partial charge is 0.401 e. The molecule has 0 saturated heterocycles. The number of nitrogens with zero attached hydrogens (tertiary/aromatic N) is 1. The van der Waals surface area contributed by atoms with E-state index in [2.05, 4.69) is 18.8 Å². The van der Waals surface area contributed by atoms with Gasteiger partial charge in [-0.15, -0.1) is 22.7 Å². The first-order valence-corrected chi connectivity index (χ1v) is 8.02. The van der Waals surface area contributed by atoms with Gasteiger partial charge in [0, 0.05) is 9.75 Å². The van der Waals surface area contributed by atoms with Crippen molar-refractivity contribution in [3.05, 3.63) is 49.5 Å². The lowest BCUT2D eigenvalue weighted by Crippen LogP contribution is -2.03. The molecule has 2 aromatic rings. The summed E-state index contributed by atoms with van der Waals surface area (Å²) in [5, 5.41) is 1.97. The van der Waals surface area contributed by atoms with E-state index in [0.717, 1.165) is 16.2 Å². The van der Waals surface area contributed by atoms with Crippen LogP contribution in [0.15, 0.2) is 34.3 Å². The molecule has 0 spiro atoms. The number of esters is 1. The van der Waals surface area contributed by atoms with Crippen molar-refractivity contribution in [2.45, 2.75) is 20.3 Å². The Bertz CT molecular complexity index is 708. The average Bonchev–Trinajstić information content (AvgIpc) is 3.12. The summed E-state index contributed by atoms with van der Waals surface area (Å²) in [5.41, 5.74) is 1.59. The third-order valence-corrected chi connectivity index (χ3v) is 5.18. The SMILES string of the molecule is CCc1sc(C2=NC(=Cc3cccs3)C(=O)O2)cc1C. The molecule has 0 saturated carbocycles. The van der Waals surface area contributed by atoms with E-state index in [0.29, 0.717) is 11.6 Å². The smallest absolute Gasteiger partial charge is 0.363 e. The maximum absolute atomic E-state index is 11.8. The summed E-state index contributed by atoms with van der Waals surface area (Å²) >= 11 is 3.20. The summed E-state index contributed by atoms with van der Waals surface area (Å²) in [4.78, 5) is 19.4. The van der Waals surface area contributed by atoms with Crippen molar-refractivity contribution in [3.63, 3.8) is 0 Å². The number of hydrogen-bond donors (Lipinski definition) is 0. The number of rotatable bonds is 3. The maximum atomic E-state index is 11.8. The Kier molecular flexibility index (Phi) is 3.54. The Morgan fingerprint density at radius 3 is 2.95 bits per heavy atom. The van der Waals surface area contributed by atoms with E-state index in [1.165, 1.54) is 10.4 Å². The van der Waals surface area contributed by atoms with Crippen molar-refractivity contribution < 1.29 is 9.53 Å². The second kappa shape index (κ2) is 5.34. The molecule has 0 aliphatic carbocycles. The number of hydrogen-bond acceptors (Lipinski definition) is 5. The molecule has 3 rings (SSSR count). The Morgan fingerprint density at radius 1 is 1.45 bits per heavy atom. The van der Waals surface area contributed by atoms with E-state index in [4.69, 9.17) is 4.74 Å². The summed E-state index contributed by atoms with van der Waals surface area (Å²) in [5.74, 6) is 0.0445. The van der Waals surface area contributed by atoms with Crippen molar-refractivity contribution in [1.29, 1.82) is 0 Å². The summed E-state index contributed by atoms with van der Waals surface area (Å²) in [7, 11) is 0. The third-order valence-electron chi connectivity index (χ3n) is 3.00. The van der Waals surface area contributed by atoms with E-state index < -0.39 is 0 Å². The Morgan fingerprint density at radius 2 is 2.30 bits per heavy atom. The first kappa shape index (κ1) is 13.3. The molecule has 0 amide bonds. The van der Waals surface area contributed by atoms with Gasteiger partial charge in [0.15, 0.2) is 5.70 Å². The number of carbonyl (C=O) groups is 1. The van der Waals surface area contributed by atoms with Gasteiger partial charge < -0.3 is 4.74 Å². The molecule has 1 aliphatic heterocycles. The molecule has 0 radical (unpaired) electrons. The van der Waals surface area contributed by atoms with Crippen molar-refractivity contribution >= 4 is 40.6 Å². The third kappa shape index (κ3) is 2.46. The second-order valence-electron chi connectivity index (χ2n) is 4.42. The van der Waals surface area contributed by atoms with Gasteiger partial charge in [0.1, 0.15) is 0 Å². The number of cyclic esters (lactones) is 1. The molecule has 0 aromatic carbocycles. The zero-order valence-corrected chi connectivity index (χ0v) is 12.8. The van der Waals surface area contributed by atoms with Crippen LogP contribution in [0.3, 0.4) is 0 Å². The molecule has 102 valence electrons. The predicted octanol–water partition coefficient (Wildman–Crippen LogP) is 4.02. The van der Waals surface area contributed by atoms with Crippen LogP contribution in [0.1, 0.15) is 27.1 Å². The van der Waals surface area contributed by atoms with Crippen LogP contribution < -0.4 is 0 Å². The zero-order chi connectivity index (χ0) is 14.1. The van der Waals surface area contributed by atoms with Gasteiger partial charge >= 0.3 is 5.97 Å². The molecule has 2 aromatic heterocycles. The van der Waals surface area contributed by atoms with Crippen molar-refractivity contribution in [1.82, 2.24) is 0 Å². The fraction of sp³-hybridized carbons (Fsp3) is 0.200. The predicted molar refractivity (Wildman–Crippen MR) is 83.4 cm³/mol. The lowest BCUT2D eigenvalue weighted by Gasteiger charge is -1.93. The minimum atomic E-state index is -0.377. The molecule has 3 heterocycles. The molecule has 0 N–H and O–H groups in total. The molecular formula is C15H13NO2S2. The highest BCUT2D eigenvalue weighted by atomic mass is 32.1. The molecular weight excluding hydrogens is 290 g/mol. The lowest BCUT2D eigenvalue weighted by atomic mass is 10.2. The van der Waals surface area contributed by atoms with Crippen molar-refractivity contribution in [2.24, 2.45) is 4.99 Å². The molecule has 20 heavy (non-hydrogen) atoms. The van der Waals surface area contributed by atoms with Crippen molar-refractivity contribution in [2.75, 3.05) is 0 Å². The van der Waals surface area contributed by atoms with Crippen LogP contribution in [0.25, 0.3) is 6.08 Å². The molecule has 0 bridgehead atoms. The molecule has 1 aliphatic rings. The number of aryl methyl sites for hydroxylation is 2. The summed E-state index contributed by atoms with van der Waals surface area (Å²) in [6.07, 6.45) is 2.75. The highest BCUT2D eigenvalue weighted by Crippen LogP contribution is 2.27. The normalized spacial score (nSPS) is 16.6. The Hall–Kier alpha value is -1.72. The van der Waals surface area contributed by atoms with Crippen LogP contribution in [-0.4, -0.2) is 11.9 Å². The van der Waals surface area contributed by atoms with Gasteiger partial charge in [-0.05, 0) is 42.5 Å². The van der Waals surface area contributed by atoms with E-state index in [1.54, 1.807) is 28.7 Å². The molecule has 0 atom stereocenters. The highest BCUT2D eigenvalue weighted by molar-refractivity contribution is 7.14. The molecule has 5 heteroatoms. The van der Waals surface area contributed by atoms with Gasteiger partial charge in [0.25, 0.3) is 0 Å².